The summed E-state index contributed by atoms with van der Waals surface area (Å²) in [7, 11) is 0. The number of rotatable bonds is 4. The highest BCUT2D eigenvalue weighted by Crippen LogP contribution is 2.21. The van der Waals surface area contributed by atoms with E-state index in [1.807, 2.05) is 0 Å². The van der Waals surface area contributed by atoms with Crippen molar-refractivity contribution in [3.8, 4) is 0 Å². The van der Waals surface area contributed by atoms with Gasteiger partial charge in [-0.3, -0.25) is 0 Å². The van der Waals surface area contributed by atoms with E-state index < -0.39 is 0 Å². The fourth-order valence-corrected chi connectivity index (χ4v) is 3.72. The van der Waals surface area contributed by atoms with Gasteiger partial charge in [-0.15, -0.1) is 21.5 Å². The highest BCUT2D eigenvalue weighted by molar-refractivity contribution is 9.11. The van der Waals surface area contributed by atoms with E-state index in [-0.39, 0.29) is 0 Å². The molecule has 0 bridgehead atoms. The number of aromatic nitrogens is 3. The van der Waals surface area contributed by atoms with Crippen molar-refractivity contribution in [2.24, 2.45) is 0 Å². The first-order chi connectivity index (χ1) is 9.26. The molecule has 0 aromatic carbocycles. The first-order valence-corrected chi connectivity index (χ1v) is 8.30. The van der Waals surface area contributed by atoms with Crippen LogP contribution in [0.15, 0.2) is 15.2 Å². The third-order valence-corrected chi connectivity index (χ3v) is 5.11. The monoisotopic (exact) mass is 340 g/mol. The molecule has 0 unspecified atom stereocenters. The second kappa shape index (κ2) is 5.73. The molecule has 2 aromatic heterocycles. The van der Waals surface area contributed by atoms with Crippen LogP contribution in [0.25, 0.3) is 0 Å². The van der Waals surface area contributed by atoms with Gasteiger partial charge >= 0.3 is 0 Å². The number of nitrogens with one attached hydrogen (secondary N) is 1. The fourth-order valence-electron chi connectivity index (χ4n) is 2.51. The van der Waals surface area contributed by atoms with Gasteiger partial charge < -0.3 is 9.88 Å². The van der Waals surface area contributed by atoms with Crippen LogP contribution in [0.2, 0.25) is 0 Å². The summed E-state index contributed by atoms with van der Waals surface area (Å²) in [4.78, 5) is 0. The van der Waals surface area contributed by atoms with Gasteiger partial charge in [0.2, 0.25) is 0 Å². The number of halogens is 1. The zero-order valence-corrected chi connectivity index (χ0v) is 13.3. The lowest BCUT2D eigenvalue weighted by atomic mass is 10.1. The molecular formula is C13H17BrN4S. The van der Waals surface area contributed by atoms with Crippen molar-refractivity contribution in [3.05, 3.63) is 32.4 Å². The third kappa shape index (κ3) is 2.90. The van der Waals surface area contributed by atoms with E-state index in [1.165, 1.54) is 9.35 Å². The van der Waals surface area contributed by atoms with Crippen molar-refractivity contribution < 1.29 is 0 Å². The molecule has 0 saturated heterocycles. The molecular weight excluding hydrogens is 324 g/mol. The molecule has 6 heteroatoms. The number of fused-ring (bicyclic) bond motifs is 1. The largest absolute Gasteiger partial charge is 0.313 e. The summed E-state index contributed by atoms with van der Waals surface area (Å²) in [6.07, 6.45) is 3.13. The Morgan fingerprint density at radius 3 is 3.16 bits per heavy atom. The third-order valence-electron chi connectivity index (χ3n) is 3.56. The zero-order chi connectivity index (χ0) is 13.2. The van der Waals surface area contributed by atoms with Crippen molar-refractivity contribution >= 4 is 27.3 Å². The average molecular weight is 341 g/mol. The summed E-state index contributed by atoms with van der Waals surface area (Å²) in [6, 6.07) is 2.70. The van der Waals surface area contributed by atoms with E-state index >= 15 is 0 Å². The first-order valence-electron chi connectivity index (χ1n) is 6.63. The minimum atomic E-state index is 0.521. The molecule has 1 N–H and O–H groups in total. The summed E-state index contributed by atoms with van der Waals surface area (Å²) in [6.45, 7) is 4.07. The van der Waals surface area contributed by atoms with E-state index in [0.717, 1.165) is 44.0 Å². The minimum absolute atomic E-state index is 0.521. The van der Waals surface area contributed by atoms with Gasteiger partial charge in [0.25, 0.3) is 0 Å². The second-order valence-electron chi connectivity index (χ2n) is 4.87. The van der Waals surface area contributed by atoms with E-state index in [2.05, 4.69) is 54.4 Å². The molecule has 1 aliphatic heterocycles. The Labute approximate surface area is 125 Å². The molecule has 0 saturated carbocycles. The molecule has 0 spiro atoms. The lowest BCUT2D eigenvalue weighted by Gasteiger charge is -2.25. The van der Waals surface area contributed by atoms with Gasteiger partial charge in [0, 0.05) is 32.0 Å². The second-order valence-corrected chi connectivity index (χ2v) is 7.16. The highest BCUT2D eigenvalue weighted by atomic mass is 79.9. The molecule has 0 amide bonds. The van der Waals surface area contributed by atoms with Crippen molar-refractivity contribution in [1.82, 2.24) is 20.1 Å². The maximum Gasteiger partial charge on any atom is 0.133 e. The van der Waals surface area contributed by atoms with Crippen LogP contribution in [0.1, 0.15) is 30.6 Å². The van der Waals surface area contributed by atoms with Gasteiger partial charge in [0.15, 0.2) is 0 Å². The van der Waals surface area contributed by atoms with E-state index in [1.54, 1.807) is 11.3 Å². The van der Waals surface area contributed by atoms with E-state index in [9.17, 15) is 0 Å². The Hall–Kier alpha value is -0.720. The fraction of sp³-hybridized carbons (Fsp3) is 0.538. The molecule has 3 rings (SSSR count). The molecule has 1 atom stereocenters. The maximum atomic E-state index is 4.26. The molecule has 0 aliphatic carbocycles. The predicted octanol–water partition coefficient (Wildman–Crippen LogP) is 2.77. The van der Waals surface area contributed by atoms with Gasteiger partial charge in [-0.2, -0.15) is 0 Å². The lowest BCUT2D eigenvalue weighted by molar-refractivity contribution is 0.373. The van der Waals surface area contributed by atoms with E-state index in [4.69, 9.17) is 0 Å². The Morgan fingerprint density at radius 1 is 1.53 bits per heavy atom. The molecule has 1 aliphatic rings. The van der Waals surface area contributed by atoms with Crippen LogP contribution in [-0.2, 0) is 25.9 Å². The molecule has 19 heavy (non-hydrogen) atoms. The van der Waals surface area contributed by atoms with Crippen molar-refractivity contribution in [2.45, 2.75) is 45.3 Å². The molecule has 0 fully saturated rings. The number of hydrogen-bond acceptors (Lipinski definition) is 4. The predicted molar refractivity (Wildman–Crippen MR) is 80.4 cm³/mol. The topological polar surface area (TPSA) is 42.7 Å². The highest BCUT2D eigenvalue weighted by Gasteiger charge is 2.21. The van der Waals surface area contributed by atoms with Crippen LogP contribution in [0, 0.1) is 0 Å². The summed E-state index contributed by atoms with van der Waals surface area (Å²) in [5.74, 6) is 2.26. The summed E-state index contributed by atoms with van der Waals surface area (Å²) in [5, 5.41) is 14.4. The Kier molecular flexibility index (Phi) is 4.00. The van der Waals surface area contributed by atoms with Crippen LogP contribution in [-0.4, -0.2) is 20.8 Å². The molecule has 4 nitrogen and oxygen atoms in total. The standard InChI is InChI=1S/C13H17BrN4S/c1-2-12-16-17-13-4-3-10(7-18(12)13)15-6-9-5-11(14)19-8-9/h5,8,10,15H,2-4,6-7H2,1H3/t10-/m0/s1. The summed E-state index contributed by atoms with van der Waals surface area (Å²) < 4.78 is 3.48. The zero-order valence-electron chi connectivity index (χ0n) is 10.9. The normalized spacial score (nSPS) is 18.5. The van der Waals surface area contributed by atoms with Crippen molar-refractivity contribution in [3.63, 3.8) is 0 Å². The average Bonchev–Trinajstić information content (AvgIpc) is 3.01. The number of nitrogens with zero attached hydrogens (tertiary/aromatic N) is 3. The molecule has 3 heterocycles. The molecule has 0 radical (unpaired) electrons. The Morgan fingerprint density at radius 2 is 2.42 bits per heavy atom. The summed E-state index contributed by atoms with van der Waals surface area (Å²) >= 11 is 5.24. The lowest BCUT2D eigenvalue weighted by Crippen LogP contribution is -2.37. The van der Waals surface area contributed by atoms with Gasteiger partial charge in [-0.05, 0) is 39.4 Å². The number of aryl methyl sites for hydroxylation is 2. The van der Waals surface area contributed by atoms with Crippen LogP contribution >= 0.6 is 27.3 Å². The molecule has 102 valence electrons. The van der Waals surface area contributed by atoms with Crippen LogP contribution in [0.4, 0.5) is 0 Å². The van der Waals surface area contributed by atoms with Crippen molar-refractivity contribution in [1.29, 1.82) is 0 Å². The Balaban J connectivity index is 1.62. The van der Waals surface area contributed by atoms with Crippen LogP contribution < -0.4 is 5.32 Å². The van der Waals surface area contributed by atoms with E-state index in [0.29, 0.717) is 6.04 Å². The van der Waals surface area contributed by atoms with Crippen LogP contribution in [0.5, 0.6) is 0 Å². The molecule has 2 aromatic rings. The minimum Gasteiger partial charge on any atom is -0.313 e. The quantitative estimate of drug-likeness (QED) is 0.930. The Bertz CT molecular complexity index is 549. The van der Waals surface area contributed by atoms with Gasteiger partial charge in [0.1, 0.15) is 11.6 Å². The SMILES string of the molecule is CCc1nnc2n1C[C@@H](NCc1csc(Br)c1)CC2. The van der Waals surface area contributed by atoms with Gasteiger partial charge in [-0.25, -0.2) is 0 Å². The summed E-state index contributed by atoms with van der Waals surface area (Å²) in [5.41, 5.74) is 1.35. The van der Waals surface area contributed by atoms with Gasteiger partial charge in [-0.1, -0.05) is 6.92 Å². The maximum absolute atomic E-state index is 4.26. The number of thiophene rings is 1. The smallest absolute Gasteiger partial charge is 0.133 e. The van der Waals surface area contributed by atoms with Crippen LogP contribution in [0.3, 0.4) is 0 Å². The first kappa shape index (κ1) is 13.3. The number of hydrogen-bond donors (Lipinski definition) is 1. The van der Waals surface area contributed by atoms with Crippen molar-refractivity contribution in [2.75, 3.05) is 0 Å². The van der Waals surface area contributed by atoms with Gasteiger partial charge in [0.05, 0.1) is 3.79 Å².